The number of hydrogen-bond acceptors (Lipinski definition) is 3. The van der Waals surface area contributed by atoms with Crippen molar-refractivity contribution in [2.45, 2.75) is 0 Å². The lowest BCUT2D eigenvalue weighted by molar-refractivity contribution is -0.131. The van der Waals surface area contributed by atoms with Crippen molar-refractivity contribution >= 4 is 12.0 Å². The summed E-state index contributed by atoms with van der Waals surface area (Å²) in [4.78, 5) is 10.3. The highest BCUT2D eigenvalue weighted by atomic mass is 16.7. The van der Waals surface area contributed by atoms with E-state index < -0.39 is 5.97 Å². The highest BCUT2D eigenvalue weighted by Crippen LogP contribution is 2.29. The molecule has 4 heteroatoms. The molecule has 0 atom stereocenters. The standard InChI is InChI=1S/C10H8O4/c11-10(12)4-2-7-1-3-8-5-9(7)14-6-13-8/h1-5H,6H2,(H,11,12)/b4-2+. The van der Waals surface area contributed by atoms with Gasteiger partial charge in [0.2, 0.25) is 6.79 Å². The quantitative estimate of drug-likeness (QED) is 0.721. The number of aliphatic carboxylic acids is 1. The van der Waals surface area contributed by atoms with Crippen LogP contribution in [0.3, 0.4) is 0 Å². The van der Waals surface area contributed by atoms with E-state index in [4.69, 9.17) is 14.6 Å². The lowest BCUT2D eigenvalue weighted by Gasteiger charge is -2.17. The minimum atomic E-state index is -0.978. The minimum Gasteiger partial charge on any atom is -0.478 e. The molecule has 72 valence electrons. The summed E-state index contributed by atoms with van der Waals surface area (Å²) in [6.45, 7) is 0.177. The largest absolute Gasteiger partial charge is 0.478 e. The summed E-state index contributed by atoms with van der Waals surface area (Å²) < 4.78 is 10.3. The number of benzene rings is 1. The molecular formula is C10H8O4. The van der Waals surface area contributed by atoms with E-state index in [1.54, 1.807) is 18.2 Å². The molecule has 0 saturated heterocycles. The molecule has 0 radical (unpaired) electrons. The Morgan fingerprint density at radius 3 is 3.07 bits per heavy atom. The second-order valence-corrected chi connectivity index (χ2v) is 2.78. The summed E-state index contributed by atoms with van der Waals surface area (Å²) in [5.74, 6) is 0.401. The first-order valence-corrected chi connectivity index (χ1v) is 4.06. The molecule has 2 rings (SSSR count). The Bertz CT molecular complexity index is 395. The molecule has 1 aromatic carbocycles. The zero-order valence-corrected chi connectivity index (χ0v) is 7.27. The first kappa shape index (κ1) is 8.62. The van der Waals surface area contributed by atoms with Gasteiger partial charge in [-0.15, -0.1) is 0 Å². The van der Waals surface area contributed by atoms with Crippen LogP contribution in [0.15, 0.2) is 24.3 Å². The first-order chi connectivity index (χ1) is 6.75. The molecule has 1 aliphatic rings. The molecule has 2 bridgehead atoms. The van der Waals surface area contributed by atoms with Crippen LogP contribution in [-0.4, -0.2) is 17.9 Å². The van der Waals surface area contributed by atoms with Crippen molar-refractivity contribution in [2.75, 3.05) is 6.79 Å². The molecule has 14 heavy (non-hydrogen) atoms. The van der Waals surface area contributed by atoms with E-state index in [9.17, 15) is 4.79 Å². The van der Waals surface area contributed by atoms with Crippen molar-refractivity contribution in [3.8, 4) is 11.5 Å². The van der Waals surface area contributed by atoms with Gasteiger partial charge in [-0.3, -0.25) is 0 Å². The molecule has 1 heterocycles. The van der Waals surface area contributed by atoms with Crippen LogP contribution in [0.5, 0.6) is 11.5 Å². The summed E-state index contributed by atoms with van der Waals surface area (Å²) in [5.41, 5.74) is 0.736. The van der Waals surface area contributed by atoms with Crippen LogP contribution < -0.4 is 9.47 Å². The van der Waals surface area contributed by atoms with Crippen LogP contribution >= 0.6 is 0 Å². The number of carbonyl (C=O) groups is 1. The van der Waals surface area contributed by atoms with E-state index in [1.165, 1.54) is 6.08 Å². The van der Waals surface area contributed by atoms with E-state index in [1.807, 2.05) is 0 Å². The minimum absolute atomic E-state index is 0.177. The molecule has 0 unspecified atom stereocenters. The number of fused-ring (bicyclic) bond motifs is 2. The van der Waals surface area contributed by atoms with Crippen molar-refractivity contribution in [3.63, 3.8) is 0 Å². The normalized spacial score (nSPS) is 13.4. The molecular weight excluding hydrogens is 184 g/mol. The molecule has 0 fully saturated rings. The van der Waals surface area contributed by atoms with Crippen molar-refractivity contribution < 1.29 is 19.4 Å². The predicted octanol–water partition coefficient (Wildman–Crippen LogP) is 1.51. The average molecular weight is 192 g/mol. The summed E-state index contributed by atoms with van der Waals surface area (Å²) in [7, 11) is 0. The van der Waals surface area contributed by atoms with Gasteiger partial charge in [0.1, 0.15) is 11.5 Å². The molecule has 1 aromatic rings. The molecule has 1 aliphatic heterocycles. The molecule has 0 amide bonds. The van der Waals surface area contributed by atoms with E-state index in [0.29, 0.717) is 5.75 Å². The third-order valence-electron chi connectivity index (χ3n) is 1.83. The molecule has 1 N–H and O–H groups in total. The summed E-state index contributed by atoms with van der Waals surface area (Å²) >= 11 is 0. The number of rotatable bonds is 2. The average Bonchev–Trinajstić information content (AvgIpc) is 2.17. The van der Waals surface area contributed by atoms with E-state index >= 15 is 0 Å². The Morgan fingerprint density at radius 2 is 2.29 bits per heavy atom. The SMILES string of the molecule is O=C(O)/C=C/c1ccc2cc1OCO2. The van der Waals surface area contributed by atoms with Gasteiger partial charge in [0, 0.05) is 17.7 Å². The fraction of sp³-hybridized carbons (Fsp3) is 0.100. The molecule has 0 saturated carbocycles. The monoisotopic (exact) mass is 192 g/mol. The lowest BCUT2D eigenvalue weighted by atomic mass is 10.1. The summed E-state index contributed by atoms with van der Waals surface area (Å²) in [6, 6.07) is 5.25. The zero-order valence-electron chi connectivity index (χ0n) is 7.27. The van der Waals surface area contributed by atoms with Crippen LogP contribution in [0, 0.1) is 0 Å². The summed E-state index contributed by atoms with van der Waals surface area (Å²) in [5, 5.41) is 8.45. The Morgan fingerprint density at radius 1 is 1.43 bits per heavy atom. The van der Waals surface area contributed by atoms with Crippen molar-refractivity contribution in [1.82, 2.24) is 0 Å². The lowest BCUT2D eigenvalue weighted by Crippen LogP contribution is -2.10. The third-order valence-corrected chi connectivity index (χ3v) is 1.83. The Balaban J connectivity index is 2.31. The van der Waals surface area contributed by atoms with Gasteiger partial charge in [-0.25, -0.2) is 4.79 Å². The number of hydrogen-bond donors (Lipinski definition) is 1. The fourth-order valence-electron chi connectivity index (χ4n) is 1.19. The van der Waals surface area contributed by atoms with Crippen molar-refractivity contribution in [3.05, 3.63) is 29.8 Å². The van der Waals surface area contributed by atoms with Crippen LogP contribution in [0.4, 0.5) is 0 Å². The van der Waals surface area contributed by atoms with Gasteiger partial charge in [-0.05, 0) is 18.2 Å². The Labute approximate surface area is 80.4 Å². The molecule has 4 nitrogen and oxygen atoms in total. The highest BCUT2D eigenvalue weighted by Gasteiger charge is 2.09. The summed E-state index contributed by atoms with van der Waals surface area (Å²) in [6.07, 6.45) is 2.57. The van der Waals surface area contributed by atoms with E-state index in [2.05, 4.69) is 0 Å². The van der Waals surface area contributed by atoms with E-state index in [0.717, 1.165) is 17.4 Å². The number of ether oxygens (including phenoxy) is 2. The zero-order chi connectivity index (χ0) is 9.97. The van der Waals surface area contributed by atoms with Crippen LogP contribution in [0.25, 0.3) is 6.08 Å². The van der Waals surface area contributed by atoms with Gasteiger partial charge < -0.3 is 14.6 Å². The molecule has 0 spiro atoms. The smallest absolute Gasteiger partial charge is 0.328 e. The van der Waals surface area contributed by atoms with E-state index in [-0.39, 0.29) is 6.79 Å². The Kier molecular flexibility index (Phi) is 2.10. The van der Waals surface area contributed by atoms with Crippen molar-refractivity contribution in [1.29, 1.82) is 0 Å². The second-order valence-electron chi connectivity index (χ2n) is 2.78. The molecule has 0 aromatic heterocycles. The van der Waals surface area contributed by atoms with Crippen LogP contribution in [0.2, 0.25) is 0 Å². The topological polar surface area (TPSA) is 55.8 Å². The maximum atomic E-state index is 10.3. The predicted molar refractivity (Wildman–Crippen MR) is 49.2 cm³/mol. The first-order valence-electron chi connectivity index (χ1n) is 4.06. The maximum absolute atomic E-state index is 10.3. The molecule has 0 aliphatic carbocycles. The Hall–Kier alpha value is -1.97. The van der Waals surface area contributed by atoms with Gasteiger partial charge in [-0.1, -0.05) is 0 Å². The van der Waals surface area contributed by atoms with Crippen molar-refractivity contribution in [2.24, 2.45) is 0 Å². The third kappa shape index (κ3) is 1.69. The van der Waals surface area contributed by atoms with Gasteiger partial charge in [0.15, 0.2) is 0 Å². The number of carboxylic acid groups (broad SMARTS) is 1. The van der Waals surface area contributed by atoms with Gasteiger partial charge >= 0.3 is 5.97 Å². The number of carboxylic acids is 1. The van der Waals surface area contributed by atoms with Gasteiger partial charge in [0.05, 0.1) is 0 Å². The maximum Gasteiger partial charge on any atom is 0.328 e. The van der Waals surface area contributed by atoms with Gasteiger partial charge in [-0.2, -0.15) is 0 Å². The van der Waals surface area contributed by atoms with Crippen LogP contribution in [0.1, 0.15) is 5.56 Å². The second kappa shape index (κ2) is 3.41. The van der Waals surface area contributed by atoms with Crippen LogP contribution in [-0.2, 0) is 4.79 Å². The van der Waals surface area contributed by atoms with Gasteiger partial charge in [0.25, 0.3) is 0 Å². The fourth-order valence-corrected chi connectivity index (χ4v) is 1.19. The highest BCUT2D eigenvalue weighted by molar-refractivity contribution is 5.86.